The summed E-state index contributed by atoms with van der Waals surface area (Å²) in [6.07, 6.45) is 2.81. The van der Waals surface area contributed by atoms with Gasteiger partial charge in [0.15, 0.2) is 9.84 Å². The number of sulfone groups is 1. The molecule has 106 valence electrons. The molecule has 0 bridgehead atoms. The second-order valence-corrected chi connectivity index (χ2v) is 7.71. The Morgan fingerprint density at radius 3 is 2.84 bits per heavy atom. The molecule has 7 heteroatoms. The van der Waals surface area contributed by atoms with Crippen molar-refractivity contribution in [1.29, 1.82) is 0 Å². The maximum Gasteiger partial charge on any atom is 0.179 e. The Morgan fingerprint density at radius 2 is 2.16 bits per heavy atom. The second kappa shape index (κ2) is 6.58. The van der Waals surface area contributed by atoms with Gasteiger partial charge in [-0.05, 0) is 12.1 Å². The van der Waals surface area contributed by atoms with Gasteiger partial charge in [0.25, 0.3) is 0 Å². The zero-order valence-corrected chi connectivity index (χ0v) is 12.6. The molecule has 1 fully saturated rings. The lowest BCUT2D eigenvalue weighted by Crippen LogP contribution is -2.36. The molecule has 0 radical (unpaired) electrons. The number of hydrogen-bond acceptors (Lipinski definition) is 6. The summed E-state index contributed by atoms with van der Waals surface area (Å²) in [5, 5.41) is 3.13. The molecule has 2 heterocycles. The van der Waals surface area contributed by atoms with Crippen LogP contribution in [0.5, 0.6) is 0 Å². The minimum atomic E-state index is -3.23. The van der Waals surface area contributed by atoms with E-state index < -0.39 is 9.84 Å². The molecule has 1 N–H and O–H groups in total. The molecule has 1 aliphatic rings. The molecule has 0 unspecified atom stereocenters. The fourth-order valence-corrected chi connectivity index (χ4v) is 3.76. The highest BCUT2D eigenvalue weighted by Gasteiger charge is 2.14. The molecule has 1 aliphatic heterocycles. The summed E-state index contributed by atoms with van der Waals surface area (Å²) in [5.74, 6) is 2.81. The summed E-state index contributed by atoms with van der Waals surface area (Å²) in [4.78, 5) is 6.76. The number of aromatic nitrogens is 1. The fourth-order valence-electron chi connectivity index (χ4n) is 1.98. The van der Waals surface area contributed by atoms with Crippen molar-refractivity contribution in [3.63, 3.8) is 0 Å². The standard InChI is InChI=1S/C12H19N3O2S2/c1-19(16,17)11-3-2-4-13-12(11)14-5-6-15-7-9-18-10-8-15/h2-4H,5-10H2,1H3,(H,13,14). The summed E-state index contributed by atoms with van der Waals surface area (Å²) in [7, 11) is -3.23. The molecular formula is C12H19N3O2S2. The molecule has 2 rings (SSSR count). The zero-order valence-electron chi connectivity index (χ0n) is 11.0. The first-order valence-corrected chi connectivity index (χ1v) is 9.31. The monoisotopic (exact) mass is 301 g/mol. The molecule has 0 saturated carbocycles. The topological polar surface area (TPSA) is 62.3 Å². The summed E-state index contributed by atoms with van der Waals surface area (Å²) in [5.41, 5.74) is 0. The first kappa shape index (κ1) is 14.6. The molecule has 0 amide bonds. The molecule has 0 spiro atoms. The predicted octanol–water partition coefficient (Wildman–Crippen LogP) is 0.946. The van der Waals surface area contributed by atoms with E-state index in [9.17, 15) is 8.42 Å². The third kappa shape index (κ3) is 4.36. The van der Waals surface area contributed by atoms with Crippen molar-refractivity contribution < 1.29 is 8.42 Å². The lowest BCUT2D eigenvalue weighted by molar-refractivity contribution is 0.314. The highest BCUT2D eigenvalue weighted by molar-refractivity contribution is 7.99. The summed E-state index contributed by atoms with van der Waals surface area (Å²) < 4.78 is 23.3. The molecule has 0 aliphatic carbocycles. The number of anilines is 1. The smallest absolute Gasteiger partial charge is 0.179 e. The fraction of sp³-hybridized carbons (Fsp3) is 0.583. The van der Waals surface area contributed by atoms with Crippen LogP contribution < -0.4 is 5.32 Å². The maximum atomic E-state index is 11.6. The van der Waals surface area contributed by atoms with Gasteiger partial charge in [-0.2, -0.15) is 11.8 Å². The molecule has 1 saturated heterocycles. The molecular weight excluding hydrogens is 282 g/mol. The summed E-state index contributed by atoms with van der Waals surface area (Å²) >= 11 is 1.98. The predicted molar refractivity (Wildman–Crippen MR) is 79.6 cm³/mol. The van der Waals surface area contributed by atoms with Crippen LogP contribution in [-0.4, -0.2) is 62.2 Å². The van der Waals surface area contributed by atoms with Gasteiger partial charge in [0.05, 0.1) is 0 Å². The summed E-state index contributed by atoms with van der Waals surface area (Å²) in [6, 6.07) is 3.23. The largest absolute Gasteiger partial charge is 0.368 e. The van der Waals surface area contributed by atoms with E-state index in [1.807, 2.05) is 11.8 Å². The van der Waals surface area contributed by atoms with E-state index in [1.165, 1.54) is 17.8 Å². The Bertz CT molecular complexity index is 513. The van der Waals surface area contributed by atoms with Crippen molar-refractivity contribution in [3.05, 3.63) is 18.3 Å². The number of pyridine rings is 1. The van der Waals surface area contributed by atoms with Gasteiger partial charge in [-0.1, -0.05) is 0 Å². The van der Waals surface area contributed by atoms with Crippen molar-refractivity contribution in [3.8, 4) is 0 Å². The number of thioether (sulfide) groups is 1. The van der Waals surface area contributed by atoms with Gasteiger partial charge in [0.2, 0.25) is 0 Å². The Labute approximate surface area is 118 Å². The Hall–Kier alpha value is -0.790. The highest BCUT2D eigenvalue weighted by Crippen LogP contribution is 2.17. The molecule has 19 heavy (non-hydrogen) atoms. The lowest BCUT2D eigenvalue weighted by Gasteiger charge is -2.26. The van der Waals surface area contributed by atoms with Crippen molar-refractivity contribution >= 4 is 27.4 Å². The molecule has 0 atom stereocenters. The van der Waals surface area contributed by atoms with Crippen molar-refractivity contribution in [1.82, 2.24) is 9.88 Å². The normalized spacial score (nSPS) is 17.3. The van der Waals surface area contributed by atoms with E-state index in [0.29, 0.717) is 12.4 Å². The van der Waals surface area contributed by atoms with E-state index in [-0.39, 0.29) is 4.90 Å². The number of nitrogens with one attached hydrogen (secondary N) is 1. The Morgan fingerprint density at radius 1 is 1.42 bits per heavy atom. The van der Waals surface area contributed by atoms with Crippen LogP contribution in [-0.2, 0) is 9.84 Å². The van der Waals surface area contributed by atoms with Crippen LogP contribution in [0.25, 0.3) is 0 Å². The Balaban J connectivity index is 1.92. The number of hydrogen-bond donors (Lipinski definition) is 1. The van der Waals surface area contributed by atoms with Gasteiger partial charge >= 0.3 is 0 Å². The number of rotatable bonds is 5. The van der Waals surface area contributed by atoms with Crippen molar-refractivity contribution in [2.75, 3.05) is 49.3 Å². The molecule has 1 aromatic heterocycles. The third-order valence-electron chi connectivity index (χ3n) is 2.99. The van der Waals surface area contributed by atoms with Crippen LogP contribution in [0.3, 0.4) is 0 Å². The molecule has 1 aromatic rings. The highest BCUT2D eigenvalue weighted by atomic mass is 32.2. The Kier molecular flexibility index (Phi) is 5.06. The van der Waals surface area contributed by atoms with Crippen LogP contribution in [0, 0.1) is 0 Å². The van der Waals surface area contributed by atoms with E-state index in [4.69, 9.17) is 0 Å². The molecule has 5 nitrogen and oxygen atoms in total. The van der Waals surface area contributed by atoms with E-state index in [2.05, 4.69) is 15.2 Å². The average Bonchev–Trinajstić information content (AvgIpc) is 2.39. The van der Waals surface area contributed by atoms with Gasteiger partial charge in [-0.15, -0.1) is 0 Å². The van der Waals surface area contributed by atoms with Crippen LogP contribution >= 0.6 is 11.8 Å². The van der Waals surface area contributed by atoms with Crippen LogP contribution in [0.15, 0.2) is 23.2 Å². The summed E-state index contributed by atoms with van der Waals surface area (Å²) in [6.45, 7) is 3.84. The van der Waals surface area contributed by atoms with Crippen molar-refractivity contribution in [2.45, 2.75) is 4.90 Å². The molecule has 0 aromatic carbocycles. The number of nitrogens with zero attached hydrogens (tertiary/aromatic N) is 2. The maximum absolute atomic E-state index is 11.6. The SMILES string of the molecule is CS(=O)(=O)c1cccnc1NCCN1CCSCC1. The van der Waals surface area contributed by atoms with Gasteiger partial charge in [0.1, 0.15) is 10.7 Å². The third-order valence-corrected chi connectivity index (χ3v) is 5.07. The van der Waals surface area contributed by atoms with Gasteiger partial charge in [-0.25, -0.2) is 13.4 Å². The van der Waals surface area contributed by atoms with Crippen LogP contribution in [0.1, 0.15) is 0 Å². The van der Waals surface area contributed by atoms with Gasteiger partial charge in [-0.3, -0.25) is 4.90 Å². The minimum Gasteiger partial charge on any atom is -0.368 e. The average molecular weight is 301 g/mol. The van der Waals surface area contributed by atoms with Gasteiger partial charge in [0, 0.05) is 50.1 Å². The van der Waals surface area contributed by atoms with E-state index in [0.717, 1.165) is 19.6 Å². The van der Waals surface area contributed by atoms with Crippen LogP contribution in [0.4, 0.5) is 5.82 Å². The first-order valence-electron chi connectivity index (χ1n) is 6.26. The van der Waals surface area contributed by atoms with E-state index in [1.54, 1.807) is 18.3 Å². The zero-order chi connectivity index (χ0) is 13.7. The second-order valence-electron chi connectivity index (χ2n) is 4.50. The minimum absolute atomic E-state index is 0.268. The van der Waals surface area contributed by atoms with Crippen molar-refractivity contribution in [2.24, 2.45) is 0 Å². The first-order chi connectivity index (χ1) is 9.07. The lowest BCUT2D eigenvalue weighted by atomic mass is 10.4. The van der Waals surface area contributed by atoms with Crippen LogP contribution in [0.2, 0.25) is 0 Å². The van der Waals surface area contributed by atoms with E-state index >= 15 is 0 Å². The van der Waals surface area contributed by atoms with Gasteiger partial charge < -0.3 is 5.32 Å². The quantitative estimate of drug-likeness (QED) is 0.873.